The van der Waals surface area contributed by atoms with E-state index >= 15 is 0 Å². The van der Waals surface area contributed by atoms with Crippen LogP contribution in [0.1, 0.15) is 24.8 Å². The van der Waals surface area contributed by atoms with Crippen molar-refractivity contribution in [2.24, 2.45) is 5.73 Å². The summed E-state index contributed by atoms with van der Waals surface area (Å²) in [4.78, 5) is 12.0. The summed E-state index contributed by atoms with van der Waals surface area (Å²) in [6, 6.07) is 9.50. The summed E-state index contributed by atoms with van der Waals surface area (Å²) in [7, 11) is 0. The third-order valence-electron chi connectivity index (χ3n) is 2.57. The first-order chi connectivity index (χ1) is 8.19. The minimum atomic E-state index is -0.309. The molecular weight excluding hydrogens is 212 g/mol. The predicted octanol–water partition coefficient (Wildman–Crippen LogP) is 1.26. The second kappa shape index (κ2) is 6.72. The molecule has 1 amide bonds. The molecule has 0 fully saturated rings. The molecule has 3 heteroatoms. The molecule has 0 radical (unpaired) electrons. The van der Waals surface area contributed by atoms with E-state index in [2.05, 4.69) is 11.2 Å². The Kier molecular flexibility index (Phi) is 5.25. The maximum Gasteiger partial charge on any atom is 0.229 e. The van der Waals surface area contributed by atoms with Gasteiger partial charge in [0, 0.05) is 19.0 Å². The average Bonchev–Trinajstić information content (AvgIpc) is 2.31. The fourth-order valence-electron chi connectivity index (χ4n) is 1.65. The van der Waals surface area contributed by atoms with Gasteiger partial charge in [0.2, 0.25) is 5.91 Å². The molecule has 0 heterocycles. The van der Waals surface area contributed by atoms with Crippen LogP contribution in [-0.2, 0) is 4.79 Å². The standard InChI is InChI=1S/C14H18N2O/c1-3-7-11(2)16-14(17)13(10-15)12-8-5-4-6-9-12/h1,4-6,8-9,11,13H,7,10,15H2,2H3,(H,16,17). The highest BCUT2D eigenvalue weighted by atomic mass is 16.1. The van der Waals surface area contributed by atoms with E-state index in [0.717, 1.165) is 5.56 Å². The highest BCUT2D eigenvalue weighted by Gasteiger charge is 2.19. The molecule has 0 aliphatic rings. The van der Waals surface area contributed by atoms with E-state index in [1.165, 1.54) is 0 Å². The lowest BCUT2D eigenvalue weighted by molar-refractivity contribution is -0.122. The van der Waals surface area contributed by atoms with Crippen molar-refractivity contribution in [3.05, 3.63) is 35.9 Å². The Morgan fingerprint density at radius 1 is 1.47 bits per heavy atom. The number of rotatable bonds is 5. The first kappa shape index (κ1) is 13.3. The van der Waals surface area contributed by atoms with E-state index in [1.54, 1.807) is 0 Å². The number of nitrogens with one attached hydrogen (secondary N) is 1. The molecule has 2 unspecified atom stereocenters. The molecule has 90 valence electrons. The molecule has 0 saturated heterocycles. The minimum absolute atomic E-state index is 0.0229. The van der Waals surface area contributed by atoms with Crippen molar-refractivity contribution in [2.45, 2.75) is 25.3 Å². The van der Waals surface area contributed by atoms with E-state index in [4.69, 9.17) is 12.2 Å². The van der Waals surface area contributed by atoms with Crippen LogP contribution in [0.5, 0.6) is 0 Å². The molecule has 1 aromatic rings. The van der Waals surface area contributed by atoms with Gasteiger partial charge in [0.1, 0.15) is 0 Å². The summed E-state index contributed by atoms with van der Waals surface area (Å²) in [6.07, 6.45) is 5.72. The van der Waals surface area contributed by atoms with Crippen LogP contribution in [0.3, 0.4) is 0 Å². The van der Waals surface area contributed by atoms with Gasteiger partial charge in [-0.05, 0) is 12.5 Å². The number of amides is 1. The third kappa shape index (κ3) is 3.93. The zero-order valence-electron chi connectivity index (χ0n) is 10.0. The van der Waals surface area contributed by atoms with Gasteiger partial charge in [-0.3, -0.25) is 4.79 Å². The molecule has 0 spiro atoms. The van der Waals surface area contributed by atoms with Crippen LogP contribution >= 0.6 is 0 Å². The number of carbonyl (C=O) groups is 1. The largest absolute Gasteiger partial charge is 0.352 e. The Morgan fingerprint density at radius 2 is 2.12 bits per heavy atom. The van der Waals surface area contributed by atoms with Gasteiger partial charge in [-0.1, -0.05) is 30.3 Å². The molecule has 3 nitrogen and oxygen atoms in total. The van der Waals surface area contributed by atoms with Crippen LogP contribution < -0.4 is 11.1 Å². The number of benzene rings is 1. The summed E-state index contributed by atoms with van der Waals surface area (Å²) in [5.74, 6) is 2.15. The van der Waals surface area contributed by atoms with Crippen LogP contribution in [0.25, 0.3) is 0 Å². The van der Waals surface area contributed by atoms with Crippen molar-refractivity contribution in [3.63, 3.8) is 0 Å². The molecule has 0 aliphatic heterocycles. The summed E-state index contributed by atoms with van der Waals surface area (Å²) < 4.78 is 0. The van der Waals surface area contributed by atoms with Gasteiger partial charge in [0.05, 0.1) is 5.92 Å². The van der Waals surface area contributed by atoms with E-state index < -0.39 is 0 Å². The molecular formula is C14H18N2O. The second-order valence-corrected chi connectivity index (χ2v) is 4.02. The van der Waals surface area contributed by atoms with E-state index in [9.17, 15) is 4.79 Å². The fraction of sp³-hybridized carbons (Fsp3) is 0.357. The van der Waals surface area contributed by atoms with Crippen LogP contribution in [0.2, 0.25) is 0 Å². The molecule has 3 N–H and O–H groups in total. The van der Waals surface area contributed by atoms with Crippen molar-refractivity contribution >= 4 is 5.91 Å². The molecule has 0 saturated carbocycles. The summed E-state index contributed by atoms with van der Waals surface area (Å²) in [5, 5.41) is 2.87. The molecule has 0 aromatic heterocycles. The van der Waals surface area contributed by atoms with Crippen LogP contribution in [-0.4, -0.2) is 18.5 Å². The average molecular weight is 230 g/mol. The third-order valence-corrected chi connectivity index (χ3v) is 2.57. The second-order valence-electron chi connectivity index (χ2n) is 4.02. The Morgan fingerprint density at radius 3 is 2.65 bits per heavy atom. The maximum atomic E-state index is 12.0. The topological polar surface area (TPSA) is 55.1 Å². The molecule has 1 aromatic carbocycles. The SMILES string of the molecule is C#CCC(C)NC(=O)C(CN)c1ccccc1. The summed E-state index contributed by atoms with van der Waals surface area (Å²) >= 11 is 0. The lowest BCUT2D eigenvalue weighted by Crippen LogP contribution is -2.38. The first-order valence-corrected chi connectivity index (χ1v) is 5.68. The number of carbonyl (C=O) groups excluding carboxylic acids is 1. The van der Waals surface area contributed by atoms with E-state index in [0.29, 0.717) is 13.0 Å². The molecule has 2 atom stereocenters. The lowest BCUT2D eigenvalue weighted by Gasteiger charge is -2.18. The van der Waals surface area contributed by atoms with Crippen molar-refractivity contribution in [3.8, 4) is 12.3 Å². The fourth-order valence-corrected chi connectivity index (χ4v) is 1.65. The van der Waals surface area contributed by atoms with Crippen molar-refractivity contribution in [2.75, 3.05) is 6.54 Å². The normalized spacial score (nSPS) is 13.5. The zero-order chi connectivity index (χ0) is 12.7. The Labute approximate surface area is 102 Å². The van der Waals surface area contributed by atoms with Crippen LogP contribution in [0, 0.1) is 12.3 Å². The smallest absolute Gasteiger partial charge is 0.229 e. The number of hydrogen-bond acceptors (Lipinski definition) is 2. The van der Waals surface area contributed by atoms with Gasteiger partial charge in [0.15, 0.2) is 0 Å². The van der Waals surface area contributed by atoms with Crippen LogP contribution in [0.15, 0.2) is 30.3 Å². The van der Waals surface area contributed by atoms with Gasteiger partial charge in [0.25, 0.3) is 0 Å². The monoisotopic (exact) mass is 230 g/mol. The van der Waals surface area contributed by atoms with E-state index in [-0.39, 0.29) is 17.9 Å². The molecule has 1 rings (SSSR count). The highest BCUT2D eigenvalue weighted by Crippen LogP contribution is 2.14. The van der Waals surface area contributed by atoms with Gasteiger partial charge in [-0.15, -0.1) is 12.3 Å². The maximum absolute atomic E-state index is 12.0. The van der Waals surface area contributed by atoms with Gasteiger partial charge >= 0.3 is 0 Å². The molecule has 17 heavy (non-hydrogen) atoms. The zero-order valence-corrected chi connectivity index (χ0v) is 10.0. The van der Waals surface area contributed by atoms with Crippen molar-refractivity contribution in [1.82, 2.24) is 5.32 Å². The number of terminal acetylenes is 1. The van der Waals surface area contributed by atoms with Crippen molar-refractivity contribution in [1.29, 1.82) is 0 Å². The van der Waals surface area contributed by atoms with Gasteiger partial charge < -0.3 is 11.1 Å². The van der Waals surface area contributed by atoms with Crippen molar-refractivity contribution < 1.29 is 4.79 Å². The summed E-state index contributed by atoms with van der Waals surface area (Å²) in [6.45, 7) is 2.18. The Balaban J connectivity index is 2.69. The first-order valence-electron chi connectivity index (χ1n) is 5.68. The predicted molar refractivity (Wildman–Crippen MR) is 69.3 cm³/mol. The van der Waals surface area contributed by atoms with Gasteiger partial charge in [-0.2, -0.15) is 0 Å². The quantitative estimate of drug-likeness (QED) is 0.748. The van der Waals surface area contributed by atoms with Gasteiger partial charge in [-0.25, -0.2) is 0 Å². The Hall–Kier alpha value is -1.79. The molecule has 0 bridgehead atoms. The summed E-state index contributed by atoms with van der Waals surface area (Å²) in [5.41, 5.74) is 6.59. The molecule has 0 aliphatic carbocycles. The van der Waals surface area contributed by atoms with E-state index in [1.807, 2.05) is 37.3 Å². The highest BCUT2D eigenvalue weighted by molar-refractivity contribution is 5.84. The lowest BCUT2D eigenvalue weighted by atomic mass is 9.98. The number of nitrogens with two attached hydrogens (primary N) is 1. The number of hydrogen-bond donors (Lipinski definition) is 2. The van der Waals surface area contributed by atoms with Crippen LogP contribution in [0.4, 0.5) is 0 Å². The minimum Gasteiger partial charge on any atom is -0.352 e. The Bertz CT molecular complexity index is 394.